The summed E-state index contributed by atoms with van der Waals surface area (Å²) in [5, 5.41) is 9.46. The Balaban J connectivity index is 1.91. The average Bonchev–Trinajstić information content (AvgIpc) is 2.39. The molecular formula is C16H27N. The summed E-state index contributed by atoms with van der Waals surface area (Å²) in [7, 11) is 0. The van der Waals surface area contributed by atoms with E-state index in [1.165, 1.54) is 44.9 Å². The van der Waals surface area contributed by atoms with Gasteiger partial charge in [-0.2, -0.15) is 5.26 Å². The Morgan fingerprint density at radius 2 is 1.47 bits per heavy atom. The van der Waals surface area contributed by atoms with Crippen LogP contribution in [0.2, 0.25) is 0 Å². The standard InChI is InChI=1S/C16H27N/c1-13(2)16(12-17)10-8-15(9-11-16)14-6-4-3-5-7-14/h13-15H,3-11H2,1-2H3. The van der Waals surface area contributed by atoms with Crippen LogP contribution >= 0.6 is 0 Å². The molecule has 2 aliphatic carbocycles. The van der Waals surface area contributed by atoms with Crippen LogP contribution < -0.4 is 0 Å². The molecule has 1 nitrogen and oxygen atoms in total. The molecule has 2 saturated carbocycles. The van der Waals surface area contributed by atoms with Gasteiger partial charge in [-0.3, -0.25) is 0 Å². The molecule has 0 aromatic rings. The van der Waals surface area contributed by atoms with E-state index in [1.807, 2.05) is 0 Å². The van der Waals surface area contributed by atoms with E-state index in [4.69, 9.17) is 0 Å². The van der Waals surface area contributed by atoms with Gasteiger partial charge in [-0.15, -0.1) is 0 Å². The van der Waals surface area contributed by atoms with Gasteiger partial charge in [0, 0.05) is 0 Å². The molecule has 1 heteroatoms. The van der Waals surface area contributed by atoms with Gasteiger partial charge < -0.3 is 0 Å². The number of hydrogen-bond acceptors (Lipinski definition) is 1. The van der Waals surface area contributed by atoms with Crippen molar-refractivity contribution in [2.75, 3.05) is 0 Å². The molecule has 0 aliphatic heterocycles. The molecule has 0 aromatic carbocycles. The zero-order valence-electron chi connectivity index (χ0n) is 11.5. The molecule has 0 bridgehead atoms. The zero-order valence-corrected chi connectivity index (χ0v) is 11.5. The number of nitriles is 1. The lowest BCUT2D eigenvalue weighted by molar-refractivity contribution is 0.106. The summed E-state index contributed by atoms with van der Waals surface area (Å²) < 4.78 is 0. The van der Waals surface area contributed by atoms with Crippen molar-refractivity contribution < 1.29 is 0 Å². The van der Waals surface area contributed by atoms with Crippen molar-refractivity contribution in [1.82, 2.24) is 0 Å². The lowest BCUT2D eigenvalue weighted by atomic mass is 9.62. The van der Waals surface area contributed by atoms with Gasteiger partial charge in [0.1, 0.15) is 0 Å². The summed E-state index contributed by atoms with van der Waals surface area (Å²) >= 11 is 0. The Hall–Kier alpha value is -0.510. The zero-order chi connectivity index (χ0) is 12.3. The summed E-state index contributed by atoms with van der Waals surface area (Å²) in [6, 6.07) is 2.64. The number of nitrogens with zero attached hydrogens (tertiary/aromatic N) is 1. The fourth-order valence-corrected chi connectivity index (χ4v) is 4.05. The summed E-state index contributed by atoms with van der Waals surface area (Å²) in [5.41, 5.74) is 0.00513. The Morgan fingerprint density at radius 1 is 0.941 bits per heavy atom. The Kier molecular flexibility index (Phi) is 4.13. The van der Waals surface area contributed by atoms with Gasteiger partial charge >= 0.3 is 0 Å². The van der Waals surface area contributed by atoms with E-state index in [2.05, 4.69) is 19.9 Å². The van der Waals surface area contributed by atoms with Crippen molar-refractivity contribution in [2.45, 2.75) is 71.6 Å². The number of rotatable bonds is 2. The highest BCUT2D eigenvalue weighted by atomic mass is 14.5. The van der Waals surface area contributed by atoms with Gasteiger partial charge in [0.15, 0.2) is 0 Å². The molecule has 0 aromatic heterocycles. The van der Waals surface area contributed by atoms with Crippen LogP contribution in [0.4, 0.5) is 0 Å². The molecular weight excluding hydrogens is 206 g/mol. The summed E-state index contributed by atoms with van der Waals surface area (Å²) in [6.07, 6.45) is 12.2. The van der Waals surface area contributed by atoms with E-state index in [1.54, 1.807) is 0 Å². The monoisotopic (exact) mass is 233 g/mol. The van der Waals surface area contributed by atoms with Crippen LogP contribution in [0.25, 0.3) is 0 Å². The van der Waals surface area contributed by atoms with Gasteiger partial charge in [0.2, 0.25) is 0 Å². The van der Waals surface area contributed by atoms with Crippen molar-refractivity contribution in [1.29, 1.82) is 5.26 Å². The molecule has 0 amide bonds. The van der Waals surface area contributed by atoms with E-state index < -0.39 is 0 Å². The molecule has 0 saturated heterocycles. The molecule has 0 spiro atoms. The second kappa shape index (κ2) is 5.42. The van der Waals surface area contributed by atoms with Crippen LogP contribution in [0.5, 0.6) is 0 Å². The third-order valence-electron chi connectivity index (χ3n) is 5.57. The minimum absolute atomic E-state index is 0.00513. The first kappa shape index (κ1) is 12.9. The van der Waals surface area contributed by atoms with Gasteiger partial charge in [-0.1, -0.05) is 46.0 Å². The van der Waals surface area contributed by atoms with Crippen LogP contribution in [-0.4, -0.2) is 0 Å². The van der Waals surface area contributed by atoms with Crippen molar-refractivity contribution >= 4 is 0 Å². The molecule has 0 radical (unpaired) electrons. The third-order valence-corrected chi connectivity index (χ3v) is 5.57. The summed E-state index contributed by atoms with van der Waals surface area (Å²) in [6.45, 7) is 4.45. The Bertz CT molecular complexity index is 272. The highest BCUT2D eigenvalue weighted by molar-refractivity contribution is 5.03. The fraction of sp³-hybridized carbons (Fsp3) is 0.938. The van der Waals surface area contributed by atoms with E-state index in [0.29, 0.717) is 5.92 Å². The molecule has 2 rings (SSSR count). The molecule has 0 N–H and O–H groups in total. The van der Waals surface area contributed by atoms with E-state index in [9.17, 15) is 5.26 Å². The Morgan fingerprint density at radius 3 is 1.94 bits per heavy atom. The van der Waals surface area contributed by atoms with E-state index >= 15 is 0 Å². The van der Waals surface area contributed by atoms with Crippen molar-refractivity contribution in [3.05, 3.63) is 0 Å². The van der Waals surface area contributed by atoms with Crippen LogP contribution in [0.15, 0.2) is 0 Å². The second-order valence-corrected chi connectivity index (χ2v) is 6.66. The maximum atomic E-state index is 9.46. The molecule has 96 valence electrons. The van der Waals surface area contributed by atoms with Crippen molar-refractivity contribution in [2.24, 2.45) is 23.2 Å². The Labute approximate surface area is 107 Å². The van der Waals surface area contributed by atoms with Crippen LogP contribution in [0, 0.1) is 34.5 Å². The van der Waals surface area contributed by atoms with Crippen molar-refractivity contribution in [3.8, 4) is 6.07 Å². The predicted molar refractivity (Wildman–Crippen MR) is 71.4 cm³/mol. The van der Waals surface area contributed by atoms with Crippen LogP contribution in [-0.2, 0) is 0 Å². The number of hydrogen-bond donors (Lipinski definition) is 0. The average molecular weight is 233 g/mol. The van der Waals surface area contributed by atoms with Crippen LogP contribution in [0.1, 0.15) is 71.6 Å². The summed E-state index contributed by atoms with van der Waals surface area (Å²) in [5.74, 6) is 2.46. The van der Waals surface area contributed by atoms with E-state index in [0.717, 1.165) is 24.7 Å². The smallest absolute Gasteiger partial charge is 0.0692 e. The van der Waals surface area contributed by atoms with Crippen molar-refractivity contribution in [3.63, 3.8) is 0 Å². The first-order valence-corrected chi connectivity index (χ1v) is 7.59. The fourth-order valence-electron chi connectivity index (χ4n) is 4.05. The lowest BCUT2D eigenvalue weighted by Crippen LogP contribution is -2.33. The lowest BCUT2D eigenvalue weighted by Gasteiger charge is -2.41. The minimum Gasteiger partial charge on any atom is -0.198 e. The maximum absolute atomic E-state index is 9.46. The molecule has 2 fully saturated rings. The van der Waals surface area contributed by atoms with Gasteiger partial charge in [0.25, 0.3) is 0 Å². The summed E-state index contributed by atoms with van der Waals surface area (Å²) in [4.78, 5) is 0. The first-order valence-electron chi connectivity index (χ1n) is 7.59. The highest BCUT2D eigenvalue weighted by Gasteiger charge is 2.39. The molecule has 17 heavy (non-hydrogen) atoms. The second-order valence-electron chi connectivity index (χ2n) is 6.66. The molecule has 2 aliphatic rings. The predicted octanol–water partition coefficient (Wildman–Crippen LogP) is 4.92. The van der Waals surface area contributed by atoms with Gasteiger partial charge in [0.05, 0.1) is 11.5 Å². The minimum atomic E-state index is 0.00513. The molecule has 0 unspecified atom stereocenters. The largest absolute Gasteiger partial charge is 0.198 e. The molecule has 0 heterocycles. The van der Waals surface area contributed by atoms with Gasteiger partial charge in [-0.05, 0) is 43.4 Å². The van der Waals surface area contributed by atoms with E-state index in [-0.39, 0.29) is 5.41 Å². The topological polar surface area (TPSA) is 23.8 Å². The third kappa shape index (κ3) is 2.67. The van der Waals surface area contributed by atoms with Gasteiger partial charge in [-0.25, -0.2) is 0 Å². The highest BCUT2D eigenvalue weighted by Crippen LogP contribution is 2.47. The maximum Gasteiger partial charge on any atom is 0.0692 e. The SMILES string of the molecule is CC(C)C1(C#N)CCC(C2CCCCC2)CC1. The quantitative estimate of drug-likeness (QED) is 0.664. The normalized spacial score (nSPS) is 35.8. The van der Waals surface area contributed by atoms with Crippen LogP contribution in [0.3, 0.4) is 0 Å². The first-order chi connectivity index (χ1) is 8.18. The molecule has 0 atom stereocenters.